The van der Waals surface area contributed by atoms with Crippen molar-refractivity contribution in [3.63, 3.8) is 0 Å². The van der Waals surface area contributed by atoms with E-state index in [4.69, 9.17) is 0 Å². The van der Waals surface area contributed by atoms with Crippen molar-refractivity contribution in [2.45, 2.75) is 39.3 Å². The molecule has 0 bridgehead atoms. The van der Waals surface area contributed by atoms with Gasteiger partial charge in [0.05, 0.1) is 18.8 Å². The van der Waals surface area contributed by atoms with Crippen LogP contribution in [-0.4, -0.2) is 27.5 Å². The van der Waals surface area contributed by atoms with E-state index >= 15 is 0 Å². The third-order valence-corrected chi connectivity index (χ3v) is 4.80. The highest BCUT2D eigenvalue weighted by atomic mass is 32.1. The lowest BCUT2D eigenvalue weighted by Crippen LogP contribution is -2.44. The molecule has 0 saturated carbocycles. The van der Waals surface area contributed by atoms with Crippen LogP contribution in [0.2, 0.25) is 0 Å². The van der Waals surface area contributed by atoms with Crippen LogP contribution in [0.4, 0.5) is 4.79 Å². The predicted molar refractivity (Wildman–Crippen MR) is 91.5 cm³/mol. The number of aryl methyl sites for hydroxylation is 3. The number of hydrogen-bond donors (Lipinski definition) is 3. The molecule has 3 N–H and O–H groups in total. The number of carbonyl (C=O) groups excluding carboxylic acids is 1. The highest BCUT2D eigenvalue weighted by molar-refractivity contribution is 7.12. The van der Waals surface area contributed by atoms with E-state index in [0.29, 0.717) is 5.56 Å². The maximum Gasteiger partial charge on any atom is 0.315 e. The number of aromatic nitrogens is 2. The van der Waals surface area contributed by atoms with Crippen LogP contribution in [-0.2, 0) is 12.6 Å². The molecule has 7 heteroatoms. The fourth-order valence-electron chi connectivity index (χ4n) is 2.46. The summed E-state index contributed by atoms with van der Waals surface area (Å²) in [5.74, 6) is 0. The second kappa shape index (κ2) is 6.72. The average molecular weight is 336 g/mol. The molecule has 0 saturated heterocycles. The van der Waals surface area contributed by atoms with Crippen LogP contribution in [0.1, 0.15) is 40.8 Å². The molecule has 6 nitrogen and oxygen atoms in total. The standard InChI is InChI=1S/C16H24N4O2S/c1-10-6-14(12(3)23-10)11(2)19-15(21)17-9-16(4,22)13-7-18-20(5)8-13/h6-8,11,22H,9H2,1-5H3,(H2,17,19,21). The van der Waals surface area contributed by atoms with Crippen LogP contribution in [0.5, 0.6) is 0 Å². The van der Waals surface area contributed by atoms with Gasteiger partial charge in [0, 0.05) is 28.6 Å². The Morgan fingerprint density at radius 2 is 2.22 bits per heavy atom. The van der Waals surface area contributed by atoms with E-state index in [9.17, 15) is 9.90 Å². The summed E-state index contributed by atoms with van der Waals surface area (Å²) in [6, 6.07) is 1.71. The zero-order chi connectivity index (χ0) is 17.2. The Bertz CT molecular complexity index is 690. The van der Waals surface area contributed by atoms with Crippen molar-refractivity contribution in [1.29, 1.82) is 0 Å². The van der Waals surface area contributed by atoms with Crippen LogP contribution < -0.4 is 10.6 Å². The monoisotopic (exact) mass is 336 g/mol. The summed E-state index contributed by atoms with van der Waals surface area (Å²) in [5.41, 5.74) is 0.628. The SMILES string of the molecule is Cc1cc(C(C)NC(=O)NCC(C)(O)c2cnn(C)c2)c(C)s1. The molecule has 0 spiro atoms. The minimum Gasteiger partial charge on any atom is -0.383 e. The molecule has 0 aliphatic heterocycles. The molecule has 2 rings (SSSR count). The van der Waals surface area contributed by atoms with Crippen LogP contribution in [0.15, 0.2) is 18.5 Å². The summed E-state index contributed by atoms with van der Waals surface area (Å²) >= 11 is 1.72. The lowest BCUT2D eigenvalue weighted by Gasteiger charge is -2.23. The highest BCUT2D eigenvalue weighted by Crippen LogP contribution is 2.26. The Kier molecular flexibility index (Phi) is 5.11. The Balaban J connectivity index is 1.91. The third-order valence-electron chi connectivity index (χ3n) is 3.81. The Morgan fingerprint density at radius 1 is 1.52 bits per heavy atom. The van der Waals surface area contributed by atoms with Gasteiger partial charge in [0.25, 0.3) is 0 Å². The van der Waals surface area contributed by atoms with Crippen molar-refractivity contribution in [2.24, 2.45) is 7.05 Å². The first-order valence-electron chi connectivity index (χ1n) is 7.52. The van der Waals surface area contributed by atoms with Crippen LogP contribution in [0.25, 0.3) is 0 Å². The molecule has 2 atom stereocenters. The fourth-order valence-corrected chi connectivity index (χ4v) is 3.48. The van der Waals surface area contributed by atoms with Crippen LogP contribution in [0, 0.1) is 13.8 Å². The van der Waals surface area contributed by atoms with Crippen molar-refractivity contribution in [1.82, 2.24) is 20.4 Å². The molecule has 2 aromatic heterocycles. The quantitative estimate of drug-likeness (QED) is 0.784. The van der Waals surface area contributed by atoms with E-state index in [1.54, 1.807) is 42.4 Å². The first kappa shape index (κ1) is 17.5. The minimum absolute atomic E-state index is 0.0803. The Hall–Kier alpha value is -1.86. The number of carbonyl (C=O) groups is 1. The molecular weight excluding hydrogens is 312 g/mol. The number of thiophene rings is 1. The van der Waals surface area contributed by atoms with E-state index < -0.39 is 5.60 Å². The zero-order valence-corrected chi connectivity index (χ0v) is 15.0. The topological polar surface area (TPSA) is 79.2 Å². The van der Waals surface area contributed by atoms with Gasteiger partial charge in [0.2, 0.25) is 0 Å². The summed E-state index contributed by atoms with van der Waals surface area (Å²) in [4.78, 5) is 14.5. The summed E-state index contributed by atoms with van der Waals surface area (Å²) in [5, 5.41) is 20.1. The molecule has 0 aliphatic carbocycles. The Morgan fingerprint density at radius 3 is 2.74 bits per heavy atom. The van der Waals surface area contributed by atoms with Crippen molar-refractivity contribution in [3.8, 4) is 0 Å². The normalized spacial score (nSPS) is 15.0. The Labute approximate surface area is 140 Å². The number of aliphatic hydroxyl groups is 1. The van der Waals surface area contributed by atoms with Gasteiger partial charge in [0.15, 0.2) is 0 Å². The van der Waals surface area contributed by atoms with E-state index in [-0.39, 0.29) is 18.6 Å². The zero-order valence-electron chi connectivity index (χ0n) is 14.2. The molecule has 126 valence electrons. The lowest BCUT2D eigenvalue weighted by atomic mass is 10.00. The van der Waals surface area contributed by atoms with E-state index in [1.165, 1.54) is 9.75 Å². The van der Waals surface area contributed by atoms with E-state index in [1.807, 2.05) is 6.92 Å². The molecule has 0 fully saturated rings. The van der Waals surface area contributed by atoms with Crippen molar-refractivity contribution in [3.05, 3.63) is 39.3 Å². The van der Waals surface area contributed by atoms with Gasteiger partial charge in [-0.25, -0.2) is 4.79 Å². The number of urea groups is 1. The molecular formula is C16H24N4O2S. The molecule has 2 heterocycles. The van der Waals surface area contributed by atoms with Crippen molar-refractivity contribution < 1.29 is 9.90 Å². The number of nitrogens with zero attached hydrogens (tertiary/aromatic N) is 2. The molecule has 0 radical (unpaired) electrons. The van der Waals surface area contributed by atoms with Crippen molar-refractivity contribution >= 4 is 17.4 Å². The van der Waals surface area contributed by atoms with E-state index in [0.717, 1.165) is 5.56 Å². The van der Waals surface area contributed by atoms with Gasteiger partial charge in [0.1, 0.15) is 5.60 Å². The van der Waals surface area contributed by atoms with Crippen molar-refractivity contribution in [2.75, 3.05) is 6.54 Å². The fraction of sp³-hybridized carbons (Fsp3) is 0.500. The summed E-state index contributed by atoms with van der Waals surface area (Å²) in [6.45, 7) is 7.82. The summed E-state index contributed by atoms with van der Waals surface area (Å²) in [7, 11) is 1.78. The van der Waals surface area contributed by atoms with Crippen LogP contribution >= 0.6 is 11.3 Å². The lowest BCUT2D eigenvalue weighted by molar-refractivity contribution is 0.0592. The first-order valence-corrected chi connectivity index (χ1v) is 8.33. The van der Waals surface area contributed by atoms with Gasteiger partial charge in [-0.1, -0.05) is 0 Å². The number of nitrogens with one attached hydrogen (secondary N) is 2. The molecule has 2 unspecified atom stereocenters. The number of hydrogen-bond acceptors (Lipinski definition) is 4. The molecule has 2 amide bonds. The number of rotatable bonds is 5. The largest absolute Gasteiger partial charge is 0.383 e. The van der Waals surface area contributed by atoms with Gasteiger partial charge >= 0.3 is 6.03 Å². The van der Waals surface area contributed by atoms with Gasteiger partial charge < -0.3 is 15.7 Å². The minimum atomic E-state index is -1.16. The average Bonchev–Trinajstić information content (AvgIpc) is 3.03. The van der Waals surface area contributed by atoms with Gasteiger partial charge in [-0.05, 0) is 39.3 Å². The molecule has 0 aromatic carbocycles. The second-order valence-electron chi connectivity index (χ2n) is 6.09. The summed E-state index contributed by atoms with van der Waals surface area (Å²) < 4.78 is 1.62. The molecule has 0 aliphatic rings. The van der Waals surface area contributed by atoms with E-state index in [2.05, 4.69) is 35.6 Å². The smallest absolute Gasteiger partial charge is 0.315 e. The predicted octanol–water partition coefficient (Wildman–Crippen LogP) is 2.37. The maximum atomic E-state index is 12.1. The van der Waals surface area contributed by atoms with Gasteiger partial charge in [-0.3, -0.25) is 4.68 Å². The molecule has 2 aromatic rings. The number of amides is 2. The second-order valence-corrected chi connectivity index (χ2v) is 7.55. The maximum absolute atomic E-state index is 12.1. The first-order chi connectivity index (χ1) is 10.7. The highest BCUT2D eigenvalue weighted by Gasteiger charge is 2.25. The summed E-state index contributed by atoms with van der Waals surface area (Å²) in [6.07, 6.45) is 3.33. The van der Waals surface area contributed by atoms with Crippen LogP contribution in [0.3, 0.4) is 0 Å². The van der Waals surface area contributed by atoms with Gasteiger partial charge in [-0.15, -0.1) is 11.3 Å². The molecule has 23 heavy (non-hydrogen) atoms. The van der Waals surface area contributed by atoms with Gasteiger partial charge in [-0.2, -0.15) is 5.10 Å². The third kappa shape index (κ3) is 4.33.